The maximum absolute atomic E-state index is 12.9. The van der Waals surface area contributed by atoms with E-state index in [0.29, 0.717) is 18.0 Å². The first-order chi connectivity index (χ1) is 13.7. The van der Waals surface area contributed by atoms with Gasteiger partial charge in [-0.2, -0.15) is 0 Å². The Morgan fingerprint density at radius 2 is 2.00 bits per heavy atom. The summed E-state index contributed by atoms with van der Waals surface area (Å²) in [6, 6.07) is 13.8. The van der Waals surface area contributed by atoms with Crippen molar-refractivity contribution < 1.29 is 13.9 Å². The maximum Gasteiger partial charge on any atom is 0.287 e. The standard InChI is InChI=1S/C22H25N3O3/c1-27-15-19-18-7-2-3-8-20(18)28-21(19)22(26)24-16-9-12-25(13-10-16)14-17-6-4-5-11-23-17/h2-8,11,16H,9-10,12-15H2,1H3,(H,24,26). The third-order valence-corrected chi connectivity index (χ3v) is 5.23. The Morgan fingerprint density at radius 1 is 1.21 bits per heavy atom. The third-order valence-electron chi connectivity index (χ3n) is 5.23. The zero-order valence-electron chi connectivity index (χ0n) is 16.1. The molecule has 4 rings (SSSR count). The first kappa shape index (κ1) is 18.7. The van der Waals surface area contributed by atoms with Crippen LogP contribution in [0.2, 0.25) is 0 Å². The molecule has 1 N–H and O–H groups in total. The molecular weight excluding hydrogens is 354 g/mol. The quantitative estimate of drug-likeness (QED) is 0.711. The van der Waals surface area contributed by atoms with Crippen molar-refractivity contribution in [2.45, 2.75) is 32.0 Å². The average Bonchev–Trinajstić information content (AvgIpc) is 3.09. The van der Waals surface area contributed by atoms with Crippen molar-refractivity contribution in [3.05, 3.63) is 65.7 Å². The van der Waals surface area contributed by atoms with Gasteiger partial charge in [0.05, 0.1) is 12.3 Å². The monoisotopic (exact) mass is 379 g/mol. The number of piperidine rings is 1. The lowest BCUT2D eigenvalue weighted by atomic mass is 10.0. The second kappa shape index (κ2) is 8.54. The molecule has 1 aromatic carbocycles. The van der Waals surface area contributed by atoms with Gasteiger partial charge in [-0.3, -0.25) is 14.7 Å². The molecule has 6 nitrogen and oxygen atoms in total. The number of fused-ring (bicyclic) bond motifs is 1. The molecule has 28 heavy (non-hydrogen) atoms. The van der Waals surface area contributed by atoms with Crippen LogP contribution in [-0.2, 0) is 17.9 Å². The number of pyridine rings is 1. The highest BCUT2D eigenvalue weighted by Crippen LogP contribution is 2.27. The fourth-order valence-corrected chi connectivity index (χ4v) is 3.78. The van der Waals surface area contributed by atoms with Crippen LogP contribution >= 0.6 is 0 Å². The minimum atomic E-state index is -0.161. The minimum absolute atomic E-state index is 0.149. The molecule has 0 aliphatic carbocycles. The molecule has 1 fully saturated rings. The number of likely N-dealkylation sites (tertiary alicyclic amines) is 1. The van der Waals surface area contributed by atoms with Crippen molar-refractivity contribution in [3.8, 4) is 0 Å². The van der Waals surface area contributed by atoms with Crippen LogP contribution < -0.4 is 5.32 Å². The van der Waals surface area contributed by atoms with Gasteiger partial charge in [0.1, 0.15) is 5.58 Å². The molecule has 1 amide bonds. The Bertz CT molecular complexity index is 931. The highest BCUT2D eigenvalue weighted by molar-refractivity contribution is 5.99. The average molecular weight is 379 g/mol. The topological polar surface area (TPSA) is 67.6 Å². The van der Waals surface area contributed by atoms with Gasteiger partial charge in [0.25, 0.3) is 5.91 Å². The Balaban J connectivity index is 1.38. The summed E-state index contributed by atoms with van der Waals surface area (Å²) in [5.74, 6) is 0.199. The SMILES string of the molecule is COCc1c(C(=O)NC2CCN(Cc3ccccn3)CC2)oc2ccccc12. The molecule has 1 aliphatic rings. The van der Waals surface area contributed by atoms with Gasteiger partial charge >= 0.3 is 0 Å². The number of methoxy groups -OCH3 is 1. The van der Waals surface area contributed by atoms with E-state index in [1.807, 2.05) is 48.7 Å². The summed E-state index contributed by atoms with van der Waals surface area (Å²) >= 11 is 0. The molecule has 1 saturated heterocycles. The zero-order chi connectivity index (χ0) is 19.3. The van der Waals surface area contributed by atoms with Gasteiger partial charge in [-0.25, -0.2) is 0 Å². The molecule has 3 aromatic rings. The molecule has 0 radical (unpaired) electrons. The van der Waals surface area contributed by atoms with Crippen LogP contribution in [0.1, 0.15) is 34.7 Å². The van der Waals surface area contributed by atoms with Gasteiger partial charge in [-0.05, 0) is 31.0 Å². The molecule has 6 heteroatoms. The van der Waals surface area contributed by atoms with Crippen molar-refractivity contribution in [2.75, 3.05) is 20.2 Å². The summed E-state index contributed by atoms with van der Waals surface area (Å²) in [4.78, 5) is 19.6. The number of hydrogen-bond donors (Lipinski definition) is 1. The van der Waals surface area contributed by atoms with Gasteiger partial charge in [0.15, 0.2) is 5.76 Å². The first-order valence-electron chi connectivity index (χ1n) is 9.67. The predicted molar refractivity (Wildman–Crippen MR) is 107 cm³/mol. The summed E-state index contributed by atoms with van der Waals surface area (Å²) in [6.07, 6.45) is 3.66. The van der Waals surface area contributed by atoms with Crippen LogP contribution in [-0.4, -0.2) is 42.0 Å². The molecule has 1 aliphatic heterocycles. The largest absolute Gasteiger partial charge is 0.451 e. The van der Waals surface area contributed by atoms with E-state index in [1.165, 1.54) is 0 Å². The third kappa shape index (κ3) is 4.08. The van der Waals surface area contributed by atoms with Crippen LogP contribution in [0.15, 0.2) is 53.1 Å². The van der Waals surface area contributed by atoms with Crippen molar-refractivity contribution in [3.63, 3.8) is 0 Å². The zero-order valence-corrected chi connectivity index (χ0v) is 16.1. The molecule has 3 heterocycles. The van der Waals surface area contributed by atoms with E-state index in [4.69, 9.17) is 9.15 Å². The number of carbonyl (C=O) groups is 1. The van der Waals surface area contributed by atoms with E-state index in [9.17, 15) is 4.79 Å². The molecule has 2 aromatic heterocycles. The van der Waals surface area contributed by atoms with E-state index in [-0.39, 0.29) is 11.9 Å². The van der Waals surface area contributed by atoms with E-state index in [2.05, 4.69) is 15.2 Å². The van der Waals surface area contributed by atoms with Gasteiger partial charge in [0.2, 0.25) is 0 Å². The molecule has 0 unspecified atom stereocenters. The summed E-state index contributed by atoms with van der Waals surface area (Å²) in [7, 11) is 1.63. The fourth-order valence-electron chi connectivity index (χ4n) is 3.78. The summed E-state index contributed by atoms with van der Waals surface area (Å²) in [6.45, 7) is 3.07. The van der Waals surface area contributed by atoms with E-state index in [0.717, 1.165) is 49.1 Å². The van der Waals surface area contributed by atoms with E-state index >= 15 is 0 Å². The molecule has 0 bridgehead atoms. The van der Waals surface area contributed by atoms with Gasteiger partial charge in [-0.15, -0.1) is 0 Å². The number of rotatable bonds is 6. The van der Waals surface area contributed by atoms with Crippen LogP contribution in [0.3, 0.4) is 0 Å². The lowest BCUT2D eigenvalue weighted by Gasteiger charge is -2.32. The highest BCUT2D eigenvalue weighted by atomic mass is 16.5. The minimum Gasteiger partial charge on any atom is -0.451 e. The molecule has 0 atom stereocenters. The number of ether oxygens (including phenoxy) is 1. The van der Waals surface area contributed by atoms with Crippen molar-refractivity contribution >= 4 is 16.9 Å². The van der Waals surface area contributed by atoms with Crippen molar-refractivity contribution in [2.24, 2.45) is 0 Å². The second-order valence-electron chi connectivity index (χ2n) is 7.18. The summed E-state index contributed by atoms with van der Waals surface area (Å²) < 4.78 is 11.1. The van der Waals surface area contributed by atoms with Gasteiger partial charge < -0.3 is 14.5 Å². The number of nitrogens with one attached hydrogen (secondary N) is 1. The predicted octanol–water partition coefficient (Wildman–Crippen LogP) is 3.37. The van der Waals surface area contributed by atoms with Gasteiger partial charge in [0, 0.05) is 49.9 Å². The Kier molecular flexibility index (Phi) is 5.69. The molecule has 0 spiro atoms. The fraction of sp³-hybridized carbons (Fsp3) is 0.364. The first-order valence-corrected chi connectivity index (χ1v) is 9.67. The summed E-state index contributed by atoms with van der Waals surface area (Å²) in [5.41, 5.74) is 2.60. The Hall–Kier alpha value is -2.70. The number of nitrogens with zero attached hydrogens (tertiary/aromatic N) is 2. The summed E-state index contributed by atoms with van der Waals surface area (Å²) in [5, 5.41) is 4.08. The number of hydrogen-bond acceptors (Lipinski definition) is 5. The number of benzene rings is 1. The number of para-hydroxylation sites is 1. The number of aromatic nitrogens is 1. The van der Waals surface area contributed by atoms with E-state index < -0.39 is 0 Å². The molecule has 146 valence electrons. The van der Waals surface area contributed by atoms with Crippen molar-refractivity contribution in [1.29, 1.82) is 0 Å². The normalized spacial score (nSPS) is 15.8. The van der Waals surface area contributed by atoms with E-state index in [1.54, 1.807) is 7.11 Å². The lowest BCUT2D eigenvalue weighted by Crippen LogP contribution is -2.44. The van der Waals surface area contributed by atoms with Crippen LogP contribution in [0.25, 0.3) is 11.0 Å². The van der Waals surface area contributed by atoms with Crippen LogP contribution in [0.5, 0.6) is 0 Å². The number of carbonyl (C=O) groups excluding carboxylic acids is 1. The number of amides is 1. The van der Waals surface area contributed by atoms with Crippen LogP contribution in [0, 0.1) is 0 Å². The highest BCUT2D eigenvalue weighted by Gasteiger charge is 2.25. The Labute approximate surface area is 164 Å². The maximum atomic E-state index is 12.9. The second-order valence-corrected chi connectivity index (χ2v) is 7.18. The lowest BCUT2D eigenvalue weighted by molar-refractivity contribution is 0.0876. The van der Waals surface area contributed by atoms with Crippen molar-refractivity contribution in [1.82, 2.24) is 15.2 Å². The van der Waals surface area contributed by atoms with Gasteiger partial charge in [-0.1, -0.05) is 24.3 Å². The number of furan rings is 1. The van der Waals surface area contributed by atoms with Crippen LogP contribution in [0.4, 0.5) is 0 Å². The molecule has 0 saturated carbocycles. The Morgan fingerprint density at radius 3 is 2.75 bits per heavy atom. The molecular formula is C22H25N3O3. The smallest absolute Gasteiger partial charge is 0.287 e.